The topological polar surface area (TPSA) is 50.2 Å². The van der Waals surface area contributed by atoms with Gasteiger partial charge in [-0.25, -0.2) is 4.68 Å². The summed E-state index contributed by atoms with van der Waals surface area (Å²) in [6.07, 6.45) is 9.12. The number of aromatic nitrogens is 2. The number of para-hydroxylation sites is 1. The van der Waals surface area contributed by atoms with Crippen LogP contribution in [0.1, 0.15) is 31.2 Å². The first-order chi connectivity index (χ1) is 12.3. The third kappa shape index (κ3) is 4.86. The van der Waals surface area contributed by atoms with E-state index in [9.17, 15) is 4.79 Å². The highest BCUT2D eigenvalue weighted by atomic mass is 35.5. The molecule has 2 aromatic rings. The molecular formula is C20H27ClN4O. The molecule has 1 N–H and O–H groups in total. The molecule has 1 aromatic heterocycles. The number of hydrogen-bond donors (Lipinski definition) is 1. The molecule has 1 saturated heterocycles. The monoisotopic (exact) mass is 374 g/mol. The molecule has 1 aliphatic heterocycles. The van der Waals surface area contributed by atoms with Crippen LogP contribution in [0, 0.1) is 5.92 Å². The molecular weight excluding hydrogens is 348 g/mol. The van der Waals surface area contributed by atoms with E-state index in [1.807, 2.05) is 46.1 Å². The van der Waals surface area contributed by atoms with E-state index < -0.39 is 0 Å². The molecule has 0 bridgehead atoms. The normalized spacial score (nSPS) is 17.8. The lowest BCUT2D eigenvalue weighted by Crippen LogP contribution is -2.45. The number of halogens is 1. The number of carbonyl (C=O) groups is 1. The Morgan fingerprint density at radius 2 is 1.85 bits per heavy atom. The van der Waals surface area contributed by atoms with Gasteiger partial charge in [0.1, 0.15) is 0 Å². The van der Waals surface area contributed by atoms with Gasteiger partial charge in [-0.1, -0.05) is 18.2 Å². The van der Waals surface area contributed by atoms with Crippen molar-refractivity contribution in [2.24, 2.45) is 5.92 Å². The van der Waals surface area contributed by atoms with Crippen LogP contribution < -0.4 is 5.32 Å². The zero-order valence-electron chi connectivity index (χ0n) is 15.0. The average molecular weight is 375 g/mol. The maximum atomic E-state index is 12.6. The van der Waals surface area contributed by atoms with Crippen LogP contribution in [0.25, 0.3) is 5.69 Å². The molecule has 1 amide bonds. The highest BCUT2D eigenvalue weighted by Gasteiger charge is 2.26. The van der Waals surface area contributed by atoms with Gasteiger partial charge >= 0.3 is 0 Å². The van der Waals surface area contributed by atoms with E-state index in [-0.39, 0.29) is 18.3 Å². The fourth-order valence-electron chi connectivity index (χ4n) is 3.45. The van der Waals surface area contributed by atoms with Gasteiger partial charge in [0, 0.05) is 25.3 Å². The van der Waals surface area contributed by atoms with Crippen LogP contribution in [0.5, 0.6) is 0 Å². The minimum Gasteiger partial charge on any atom is -0.342 e. The Hall–Kier alpha value is -1.85. The molecule has 0 unspecified atom stereocenters. The van der Waals surface area contributed by atoms with Gasteiger partial charge in [-0.2, -0.15) is 5.10 Å². The van der Waals surface area contributed by atoms with Gasteiger partial charge in [-0.05, 0) is 55.8 Å². The zero-order chi connectivity index (χ0) is 17.1. The molecule has 26 heavy (non-hydrogen) atoms. The molecule has 5 nitrogen and oxygen atoms in total. The number of hydrogen-bond acceptors (Lipinski definition) is 3. The van der Waals surface area contributed by atoms with Crippen LogP contribution >= 0.6 is 12.4 Å². The van der Waals surface area contributed by atoms with E-state index in [2.05, 4.69) is 10.4 Å². The molecule has 1 aromatic carbocycles. The third-order valence-electron chi connectivity index (χ3n) is 5.25. The second kappa shape index (κ2) is 8.69. The number of rotatable bonds is 6. The van der Waals surface area contributed by atoms with Crippen molar-refractivity contribution in [3.05, 3.63) is 48.3 Å². The molecule has 2 aliphatic rings. The van der Waals surface area contributed by atoms with E-state index in [1.54, 1.807) is 6.20 Å². The summed E-state index contributed by atoms with van der Waals surface area (Å²) in [6.45, 7) is 2.90. The van der Waals surface area contributed by atoms with E-state index in [0.29, 0.717) is 12.5 Å². The van der Waals surface area contributed by atoms with Crippen molar-refractivity contribution in [3.8, 4) is 5.69 Å². The van der Waals surface area contributed by atoms with Crippen LogP contribution in [0.4, 0.5) is 0 Å². The molecule has 0 spiro atoms. The number of amides is 1. The summed E-state index contributed by atoms with van der Waals surface area (Å²) in [6, 6.07) is 10.6. The number of carbonyl (C=O) groups excluding carboxylic acids is 1. The fourth-order valence-corrected chi connectivity index (χ4v) is 3.45. The fraction of sp³-hybridized carbons (Fsp3) is 0.500. The lowest BCUT2D eigenvalue weighted by Gasteiger charge is -2.32. The Labute approximate surface area is 161 Å². The Balaban J connectivity index is 0.00000196. The summed E-state index contributed by atoms with van der Waals surface area (Å²) >= 11 is 0. The predicted molar refractivity (Wildman–Crippen MR) is 105 cm³/mol. The molecule has 6 heteroatoms. The Bertz CT molecular complexity index is 706. The maximum Gasteiger partial charge on any atom is 0.227 e. The minimum atomic E-state index is 0. The summed E-state index contributed by atoms with van der Waals surface area (Å²) in [5.41, 5.74) is 1.99. The lowest BCUT2D eigenvalue weighted by molar-refractivity contribution is -0.131. The number of benzene rings is 1. The van der Waals surface area contributed by atoms with Crippen LogP contribution in [0.15, 0.2) is 42.7 Å². The van der Waals surface area contributed by atoms with Crippen molar-refractivity contribution >= 4 is 18.3 Å². The standard InChI is InChI=1S/C20H26N4O.ClH/c25-20(23-10-8-18(9-11-23)21-13-16-6-7-16)12-17-14-22-24(15-17)19-4-2-1-3-5-19;/h1-5,14-16,18,21H,6-13H2;1H. The maximum absolute atomic E-state index is 12.6. The summed E-state index contributed by atoms with van der Waals surface area (Å²) < 4.78 is 1.83. The second-order valence-electron chi connectivity index (χ2n) is 7.31. The van der Waals surface area contributed by atoms with Gasteiger partial charge in [-0.15, -0.1) is 12.4 Å². The molecule has 1 aliphatic carbocycles. The largest absolute Gasteiger partial charge is 0.342 e. The van der Waals surface area contributed by atoms with E-state index in [0.717, 1.165) is 49.6 Å². The molecule has 4 rings (SSSR count). The van der Waals surface area contributed by atoms with Crippen LogP contribution in [0.3, 0.4) is 0 Å². The van der Waals surface area contributed by atoms with Crippen LogP contribution in [-0.2, 0) is 11.2 Å². The van der Waals surface area contributed by atoms with Gasteiger partial charge in [0.2, 0.25) is 5.91 Å². The highest BCUT2D eigenvalue weighted by molar-refractivity contribution is 5.85. The van der Waals surface area contributed by atoms with Gasteiger partial charge < -0.3 is 10.2 Å². The first-order valence-electron chi connectivity index (χ1n) is 9.38. The van der Waals surface area contributed by atoms with Gasteiger partial charge in [-0.3, -0.25) is 4.79 Å². The predicted octanol–water partition coefficient (Wildman–Crippen LogP) is 2.83. The number of likely N-dealkylation sites (tertiary alicyclic amines) is 1. The molecule has 140 valence electrons. The Morgan fingerprint density at radius 3 is 2.54 bits per heavy atom. The Morgan fingerprint density at radius 1 is 1.12 bits per heavy atom. The summed E-state index contributed by atoms with van der Waals surface area (Å²) in [5.74, 6) is 1.13. The van der Waals surface area contributed by atoms with Gasteiger partial charge in [0.05, 0.1) is 18.3 Å². The van der Waals surface area contributed by atoms with Crippen molar-refractivity contribution in [1.29, 1.82) is 0 Å². The van der Waals surface area contributed by atoms with Crippen molar-refractivity contribution in [2.75, 3.05) is 19.6 Å². The quantitative estimate of drug-likeness (QED) is 0.845. The SMILES string of the molecule is Cl.O=C(Cc1cnn(-c2ccccc2)c1)N1CCC(NCC2CC2)CC1. The van der Waals surface area contributed by atoms with E-state index in [1.165, 1.54) is 12.8 Å². The first-order valence-corrected chi connectivity index (χ1v) is 9.38. The number of nitrogens with zero attached hydrogens (tertiary/aromatic N) is 3. The Kier molecular flexibility index (Phi) is 6.33. The van der Waals surface area contributed by atoms with Gasteiger partial charge in [0.25, 0.3) is 0 Å². The molecule has 2 heterocycles. The zero-order valence-corrected chi connectivity index (χ0v) is 15.8. The molecule has 0 atom stereocenters. The van der Waals surface area contributed by atoms with E-state index in [4.69, 9.17) is 0 Å². The summed E-state index contributed by atoms with van der Waals surface area (Å²) in [7, 11) is 0. The minimum absolute atomic E-state index is 0. The number of piperidine rings is 1. The van der Waals surface area contributed by atoms with Crippen molar-refractivity contribution in [1.82, 2.24) is 20.0 Å². The van der Waals surface area contributed by atoms with Gasteiger partial charge in [0.15, 0.2) is 0 Å². The summed E-state index contributed by atoms with van der Waals surface area (Å²) in [4.78, 5) is 14.6. The molecule has 1 saturated carbocycles. The average Bonchev–Trinajstić information content (AvgIpc) is 3.38. The smallest absolute Gasteiger partial charge is 0.227 e. The van der Waals surface area contributed by atoms with Crippen molar-refractivity contribution in [2.45, 2.75) is 38.1 Å². The van der Waals surface area contributed by atoms with Crippen molar-refractivity contribution in [3.63, 3.8) is 0 Å². The lowest BCUT2D eigenvalue weighted by atomic mass is 10.0. The second-order valence-corrected chi connectivity index (χ2v) is 7.31. The van der Waals surface area contributed by atoms with Crippen LogP contribution in [0.2, 0.25) is 0 Å². The molecule has 0 radical (unpaired) electrons. The van der Waals surface area contributed by atoms with Crippen molar-refractivity contribution < 1.29 is 4.79 Å². The molecule has 2 fully saturated rings. The number of nitrogens with one attached hydrogen (secondary N) is 1. The third-order valence-corrected chi connectivity index (χ3v) is 5.25. The first kappa shape index (κ1) is 18.9. The van der Waals surface area contributed by atoms with Crippen LogP contribution in [-0.4, -0.2) is 46.3 Å². The summed E-state index contributed by atoms with van der Waals surface area (Å²) in [5, 5.41) is 8.04. The highest BCUT2D eigenvalue weighted by Crippen LogP contribution is 2.28. The van der Waals surface area contributed by atoms with E-state index >= 15 is 0 Å².